The fraction of sp³-hybridized carbons (Fsp3) is 0.200. The number of benzene rings is 2. The molecule has 0 spiro atoms. The average Bonchev–Trinajstić information content (AvgIpc) is 2.47. The second kappa shape index (κ2) is 6.54. The molecule has 0 atom stereocenters. The summed E-state index contributed by atoms with van der Waals surface area (Å²) in [5.74, 6) is 0.301. The maximum absolute atomic E-state index is 12.0. The molecule has 0 heterocycles. The van der Waals surface area contributed by atoms with Crippen LogP contribution in [0.15, 0.2) is 59.5 Å². The summed E-state index contributed by atoms with van der Waals surface area (Å²) in [7, 11) is -2.13. The molecule has 0 aliphatic heterocycles. The van der Waals surface area contributed by atoms with Crippen LogP contribution in [0.4, 0.5) is 0 Å². The van der Waals surface area contributed by atoms with Gasteiger partial charge in [-0.1, -0.05) is 30.3 Å². The van der Waals surface area contributed by atoms with Crippen LogP contribution in [0.1, 0.15) is 5.56 Å². The summed E-state index contributed by atoms with van der Waals surface area (Å²) in [4.78, 5) is 0.142. The first-order valence-corrected chi connectivity index (χ1v) is 7.60. The third-order valence-corrected chi connectivity index (χ3v) is 4.02. The predicted molar refractivity (Wildman–Crippen MR) is 76.3 cm³/mol. The number of rotatable bonds is 6. The SMILES string of the molecule is COCCc1ccc(OS(=O)(=O)c2ccccc2)cc1. The van der Waals surface area contributed by atoms with E-state index in [1.165, 1.54) is 12.1 Å². The summed E-state index contributed by atoms with van der Waals surface area (Å²) in [5, 5.41) is 0. The highest BCUT2D eigenvalue weighted by Gasteiger charge is 2.15. The molecule has 4 nitrogen and oxygen atoms in total. The van der Waals surface area contributed by atoms with Crippen molar-refractivity contribution in [3.63, 3.8) is 0 Å². The molecule has 0 unspecified atom stereocenters. The lowest BCUT2D eigenvalue weighted by Crippen LogP contribution is -2.09. The van der Waals surface area contributed by atoms with Gasteiger partial charge in [-0.25, -0.2) is 0 Å². The van der Waals surface area contributed by atoms with Gasteiger partial charge in [-0.2, -0.15) is 8.42 Å². The van der Waals surface area contributed by atoms with Crippen LogP contribution in [0.5, 0.6) is 5.75 Å². The molecule has 0 amide bonds. The number of hydrogen-bond donors (Lipinski definition) is 0. The van der Waals surface area contributed by atoms with E-state index in [-0.39, 0.29) is 4.90 Å². The summed E-state index contributed by atoms with van der Waals surface area (Å²) in [5.41, 5.74) is 1.07. The molecule has 0 radical (unpaired) electrons. The smallest absolute Gasteiger partial charge is 0.339 e. The van der Waals surface area contributed by atoms with E-state index in [0.29, 0.717) is 12.4 Å². The summed E-state index contributed by atoms with van der Waals surface area (Å²) in [6.45, 7) is 0.627. The van der Waals surface area contributed by atoms with Crippen molar-refractivity contribution in [3.8, 4) is 5.75 Å². The Bertz CT molecular complexity index is 633. The third kappa shape index (κ3) is 3.82. The average molecular weight is 292 g/mol. The van der Waals surface area contributed by atoms with Crippen LogP contribution in [0.2, 0.25) is 0 Å². The Kier molecular flexibility index (Phi) is 4.76. The van der Waals surface area contributed by atoms with Crippen LogP contribution >= 0.6 is 0 Å². The van der Waals surface area contributed by atoms with Gasteiger partial charge < -0.3 is 8.92 Å². The summed E-state index contributed by atoms with van der Waals surface area (Å²) < 4.78 is 34.1. The van der Waals surface area contributed by atoms with E-state index < -0.39 is 10.1 Å². The predicted octanol–water partition coefficient (Wildman–Crippen LogP) is 2.64. The fourth-order valence-corrected chi connectivity index (χ4v) is 2.64. The summed E-state index contributed by atoms with van der Waals surface area (Å²) in [6, 6.07) is 15.0. The van der Waals surface area contributed by atoms with Gasteiger partial charge >= 0.3 is 10.1 Å². The molecule has 0 aliphatic carbocycles. The molecule has 2 aromatic rings. The van der Waals surface area contributed by atoms with E-state index >= 15 is 0 Å². The lowest BCUT2D eigenvalue weighted by Gasteiger charge is -2.07. The molecule has 0 saturated carbocycles. The van der Waals surface area contributed by atoms with Crippen molar-refractivity contribution >= 4 is 10.1 Å². The maximum atomic E-state index is 12.0. The van der Waals surface area contributed by atoms with Crippen molar-refractivity contribution in [3.05, 3.63) is 60.2 Å². The molecule has 0 saturated heterocycles. The van der Waals surface area contributed by atoms with Crippen molar-refractivity contribution in [1.82, 2.24) is 0 Å². The molecule has 2 aromatic carbocycles. The Morgan fingerprint density at radius 2 is 1.60 bits per heavy atom. The van der Waals surface area contributed by atoms with Crippen molar-refractivity contribution in [2.75, 3.05) is 13.7 Å². The van der Waals surface area contributed by atoms with Gasteiger partial charge in [0.2, 0.25) is 0 Å². The normalized spacial score (nSPS) is 11.2. The Labute approximate surface area is 119 Å². The van der Waals surface area contributed by atoms with Crippen LogP contribution in [0, 0.1) is 0 Å². The van der Waals surface area contributed by atoms with Crippen molar-refractivity contribution in [1.29, 1.82) is 0 Å². The van der Waals surface area contributed by atoms with Gasteiger partial charge in [0, 0.05) is 7.11 Å². The van der Waals surface area contributed by atoms with E-state index in [2.05, 4.69) is 0 Å². The van der Waals surface area contributed by atoms with Gasteiger partial charge in [-0.15, -0.1) is 0 Å². The van der Waals surface area contributed by atoms with Crippen LogP contribution in [0.3, 0.4) is 0 Å². The number of ether oxygens (including phenoxy) is 1. The highest BCUT2D eigenvalue weighted by atomic mass is 32.2. The van der Waals surface area contributed by atoms with Crippen molar-refractivity contribution in [2.45, 2.75) is 11.3 Å². The molecular formula is C15H16O4S. The zero-order valence-corrected chi connectivity index (χ0v) is 12.0. The minimum atomic E-state index is -3.77. The molecule has 0 N–H and O–H groups in total. The van der Waals surface area contributed by atoms with Gasteiger partial charge in [0.15, 0.2) is 0 Å². The minimum absolute atomic E-state index is 0.142. The molecule has 0 bridgehead atoms. The van der Waals surface area contributed by atoms with E-state index in [0.717, 1.165) is 12.0 Å². The Balaban J connectivity index is 2.10. The molecular weight excluding hydrogens is 276 g/mol. The zero-order chi connectivity index (χ0) is 14.4. The lowest BCUT2D eigenvalue weighted by atomic mass is 10.1. The lowest BCUT2D eigenvalue weighted by molar-refractivity contribution is 0.202. The molecule has 2 rings (SSSR count). The molecule has 5 heteroatoms. The molecule has 20 heavy (non-hydrogen) atoms. The van der Waals surface area contributed by atoms with Crippen molar-refractivity contribution < 1.29 is 17.3 Å². The number of hydrogen-bond acceptors (Lipinski definition) is 4. The van der Waals surface area contributed by atoms with Crippen LogP contribution in [-0.4, -0.2) is 22.1 Å². The fourth-order valence-electron chi connectivity index (χ4n) is 1.69. The Morgan fingerprint density at radius 1 is 0.950 bits per heavy atom. The van der Waals surface area contributed by atoms with E-state index in [4.69, 9.17) is 8.92 Å². The molecule has 0 aliphatic rings. The highest BCUT2D eigenvalue weighted by molar-refractivity contribution is 7.87. The Hall–Kier alpha value is -1.85. The van der Waals surface area contributed by atoms with Crippen molar-refractivity contribution in [2.24, 2.45) is 0 Å². The highest BCUT2D eigenvalue weighted by Crippen LogP contribution is 2.19. The number of methoxy groups -OCH3 is 1. The van der Waals surface area contributed by atoms with Gasteiger partial charge in [0.25, 0.3) is 0 Å². The summed E-state index contributed by atoms with van der Waals surface area (Å²) >= 11 is 0. The second-order valence-corrected chi connectivity index (χ2v) is 5.78. The molecule has 0 fully saturated rings. The van der Waals surface area contributed by atoms with Crippen LogP contribution in [-0.2, 0) is 21.3 Å². The van der Waals surface area contributed by atoms with Gasteiger partial charge in [0.05, 0.1) is 6.61 Å². The quantitative estimate of drug-likeness (QED) is 0.768. The van der Waals surface area contributed by atoms with Crippen LogP contribution < -0.4 is 4.18 Å². The third-order valence-electron chi connectivity index (χ3n) is 2.76. The molecule has 0 aromatic heterocycles. The monoisotopic (exact) mass is 292 g/mol. The van der Waals surface area contributed by atoms with Gasteiger partial charge in [-0.05, 0) is 36.2 Å². The first-order chi connectivity index (χ1) is 9.62. The second-order valence-electron chi connectivity index (χ2n) is 4.24. The molecule has 106 valence electrons. The Morgan fingerprint density at radius 3 is 2.20 bits per heavy atom. The first-order valence-electron chi connectivity index (χ1n) is 6.19. The zero-order valence-electron chi connectivity index (χ0n) is 11.2. The topological polar surface area (TPSA) is 52.6 Å². The first kappa shape index (κ1) is 14.6. The largest absolute Gasteiger partial charge is 0.384 e. The maximum Gasteiger partial charge on any atom is 0.339 e. The van der Waals surface area contributed by atoms with E-state index in [1.807, 2.05) is 12.1 Å². The standard InChI is InChI=1S/C15H16O4S/c1-18-12-11-13-7-9-14(10-8-13)19-20(16,17)15-5-3-2-4-6-15/h2-10H,11-12H2,1H3. The minimum Gasteiger partial charge on any atom is -0.384 e. The summed E-state index contributed by atoms with van der Waals surface area (Å²) in [6.07, 6.45) is 0.780. The van der Waals surface area contributed by atoms with Gasteiger partial charge in [0.1, 0.15) is 10.6 Å². The van der Waals surface area contributed by atoms with E-state index in [9.17, 15) is 8.42 Å². The van der Waals surface area contributed by atoms with E-state index in [1.54, 1.807) is 37.4 Å². The van der Waals surface area contributed by atoms with Gasteiger partial charge in [-0.3, -0.25) is 0 Å². The van der Waals surface area contributed by atoms with Crippen LogP contribution in [0.25, 0.3) is 0 Å².